The molecular weight excluding hydrogens is 520 g/mol. The van der Waals surface area contributed by atoms with Crippen LogP contribution in [0.25, 0.3) is 12.2 Å². The fourth-order valence-corrected chi connectivity index (χ4v) is 6.02. The van der Waals surface area contributed by atoms with Gasteiger partial charge in [-0.25, -0.2) is 9.69 Å². The monoisotopic (exact) mass is 552 g/mol. The van der Waals surface area contributed by atoms with Crippen molar-refractivity contribution in [3.05, 3.63) is 101 Å². The molecular formula is C32H32N4O5. The molecule has 0 spiro atoms. The van der Waals surface area contributed by atoms with Crippen molar-refractivity contribution in [1.82, 2.24) is 10.6 Å². The third kappa shape index (κ3) is 5.24. The highest BCUT2D eigenvalue weighted by atomic mass is 16.4. The van der Waals surface area contributed by atoms with Gasteiger partial charge in [-0.1, -0.05) is 84.9 Å². The number of hydrogen-bond donors (Lipinski definition) is 4. The Bertz CT molecular complexity index is 1500. The van der Waals surface area contributed by atoms with E-state index in [2.05, 4.69) is 10.6 Å². The number of carbonyl (C=O) groups excluding carboxylic acids is 3. The Hall–Kier alpha value is -4.76. The maximum Gasteiger partial charge on any atom is 0.324 e. The fourth-order valence-electron chi connectivity index (χ4n) is 6.02. The van der Waals surface area contributed by atoms with Gasteiger partial charge in [0.1, 0.15) is 5.54 Å². The van der Waals surface area contributed by atoms with Gasteiger partial charge < -0.3 is 16.2 Å². The van der Waals surface area contributed by atoms with Crippen molar-refractivity contribution < 1.29 is 24.3 Å². The minimum atomic E-state index is -1.72. The van der Waals surface area contributed by atoms with Crippen LogP contribution in [-0.4, -0.2) is 41.0 Å². The molecule has 2 saturated heterocycles. The molecule has 3 aromatic carbocycles. The number of carbonyl (C=O) groups is 4. The smallest absolute Gasteiger partial charge is 0.324 e. The molecule has 0 aromatic heterocycles. The summed E-state index contributed by atoms with van der Waals surface area (Å²) in [5.74, 6) is -4.25. The van der Waals surface area contributed by atoms with Gasteiger partial charge in [-0.15, -0.1) is 0 Å². The van der Waals surface area contributed by atoms with Crippen LogP contribution in [0.2, 0.25) is 0 Å². The SMILES string of the molecule is Cc1ccccc1N1C(=O)C2C(c3ccc(/C=C/c4ccccc4)cc3)NC(CCCNC(N)=O)(C(=O)O)C2C1=O. The topological polar surface area (TPSA) is 142 Å². The Morgan fingerprint density at radius 1 is 0.951 bits per heavy atom. The number of nitrogens with two attached hydrogens (primary N) is 1. The van der Waals surface area contributed by atoms with Crippen molar-refractivity contribution in [2.24, 2.45) is 17.6 Å². The molecule has 2 fully saturated rings. The van der Waals surface area contributed by atoms with Crippen LogP contribution in [0, 0.1) is 18.8 Å². The van der Waals surface area contributed by atoms with Crippen LogP contribution in [0.1, 0.15) is 41.1 Å². The highest BCUT2D eigenvalue weighted by Gasteiger charge is 2.68. The van der Waals surface area contributed by atoms with Gasteiger partial charge in [0.15, 0.2) is 0 Å². The second-order valence-electron chi connectivity index (χ2n) is 10.5. The van der Waals surface area contributed by atoms with Crippen LogP contribution >= 0.6 is 0 Å². The summed E-state index contributed by atoms with van der Waals surface area (Å²) >= 11 is 0. The van der Waals surface area contributed by atoms with Crippen LogP contribution in [0.4, 0.5) is 10.5 Å². The summed E-state index contributed by atoms with van der Waals surface area (Å²) in [4.78, 5) is 53.2. The number of anilines is 1. The van der Waals surface area contributed by atoms with Crippen LogP contribution in [0.15, 0.2) is 78.9 Å². The first-order valence-electron chi connectivity index (χ1n) is 13.5. The molecule has 0 aliphatic carbocycles. The van der Waals surface area contributed by atoms with E-state index >= 15 is 0 Å². The predicted octanol–water partition coefficient (Wildman–Crippen LogP) is 3.89. The lowest BCUT2D eigenvalue weighted by Crippen LogP contribution is -2.56. The standard InChI is InChI=1S/C32H32N4O5/c1-20-8-5-6-11-24(20)36-28(37)25-26(29(36)38)32(30(39)40,18-7-19-34-31(33)41)35-27(25)23-16-14-22(15-17-23)13-12-21-9-3-2-4-10-21/h2-6,8-17,25-27,35H,7,18-19H2,1H3,(H,39,40)(H3,33,34,41)/b13-12+. The second-order valence-corrected chi connectivity index (χ2v) is 10.5. The second kappa shape index (κ2) is 11.4. The van der Waals surface area contributed by atoms with Gasteiger partial charge in [-0.2, -0.15) is 0 Å². The van der Waals surface area contributed by atoms with Crippen molar-refractivity contribution in [1.29, 1.82) is 0 Å². The first-order valence-corrected chi connectivity index (χ1v) is 13.5. The number of benzene rings is 3. The van der Waals surface area contributed by atoms with Crippen LogP contribution in [-0.2, 0) is 14.4 Å². The number of primary amides is 1. The number of fused-ring (bicyclic) bond motifs is 1. The molecule has 210 valence electrons. The first-order chi connectivity index (χ1) is 19.7. The Morgan fingerprint density at radius 2 is 1.59 bits per heavy atom. The molecule has 4 unspecified atom stereocenters. The minimum absolute atomic E-state index is 0.0127. The highest BCUT2D eigenvalue weighted by molar-refractivity contribution is 6.24. The Balaban J connectivity index is 1.51. The third-order valence-electron chi connectivity index (χ3n) is 8.00. The lowest BCUT2D eigenvalue weighted by molar-refractivity contribution is -0.149. The lowest BCUT2D eigenvalue weighted by Gasteiger charge is -2.31. The van der Waals surface area contributed by atoms with E-state index in [1.807, 2.05) is 72.8 Å². The van der Waals surface area contributed by atoms with Crippen molar-refractivity contribution in [3.63, 3.8) is 0 Å². The molecule has 4 atom stereocenters. The van der Waals surface area contributed by atoms with Crippen molar-refractivity contribution >= 4 is 41.7 Å². The quantitative estimate of drug-likeness (QED) is 0.180. The molecule has 0 saturated carbocycles. The van der Waals surface area contributed by atoms with Gasteiger partial charge in [0.05, 0.1) is 17.5 Å². The number of urea groups is 1. The molecule has 2 aliphatic heterocycles. The van der Waals surface area contributed by atoms with Crippen LogP contribution in [0.5, 0.6) is 0 Å². The largest absolute Gasteiger partial charge is 0.480 e. The predicted molar refractivity (Wildman–Crippen MR) is 156 cm³/mol. The molecule has 3 aromatic rings. The van der Waals surface area contributed by atoms with E-state index in [0.29, 0.717) is 11.3 Å². The van der Waals surface area contributed by atoms with Gasteiger partial charge in [0.25, 0.3) is 0 Å². The molecule has 9 nitrogen and oxygen atoms in total. The number of rotatable bonds is 9. The summed E-state index contributed by atoms with van der Waals surface area (Å²) in [6, 6.07) is 23.0. The zero-order chi connectivity index (χ0) is 29.1. The molecule has 2 aliphatic rings. The van der Waals surface area contributed by atoms with Crippen molar-refractivity contribution in [2.75, 3.05) is 11.4 Å². The van der Waals surface area contributed by atoms with Gasteiger partial charge in [-0.05, 0) is 48.1 Å². The zero-order valence-electron chi connectivity index (χ0n) is 22.6. The normalized spacial score (nSPS) is 23.6. The number of amides is 4. The Labute approximate surface area is 238 Å². The summed E-state index contributed by atoms with van der Waals surface area (Å²) in [5, 5.41) is 16.2. The average Bonchev–Trinajstić information content (AvgIpc) is 3.45. The number of carboxylic acid groups (broad SMARTS) is 1. The van der Waals surface area contributed by atoms with E-state index in [1.54, 1.807) is 25.1 Å². The molecule has 0 radical (unpaired) electrons. The van der Waals surface area contributed by atoms with E-state index in [4.69, 9.17) is 5.73 Å². The number of nitrogens with zero attached hydrogens (tertiary/aromatic N) is 1. The summed E-state index contributed by atoms with van der Waals surface area (Å²) in [6.07, 6.45) is 4.22. The Kier molecular flexibility index (Phi) is 7.72. The fraction of sp³-hybridized carbons (Fsp3) is 0.250. The van der Waals surface area contributed by atoms with Gasteiger partial charge in [-0.3, -0.25) is 19.7 Å². The third-order valence-corrected chi connectivity index (χ3v) is 8.00. The van der Waals surface area contributed by atoms with E-state index in [0.717, 1.165) is 21.6 Å². The van der Waals surface area contributed by atoms with Crippen molar-refractivity contribution in [2.45, 2.75) is 31.3 Å². The number of para-hydroxylation sites is 1. The summed E-state index contributed by atoms with van der Waals surface area (Å²) in [7, 11) is 0. The zero-order valence-corrected chi connectivity index (χ0v) is 22.6. The van der Waals surface area contributed by atoms with Crippen LogP contribution < -0.4 is 21.3 Å². The molecule has 5 rings (SSSR count). The van der Waals surface area contributed by atoms with E-state index in [9.17, 15) is 24.3 Å². The summed E-state index contributed by atoms with van der Waals surface area (Å²) in [6.45, 7) is 1.95. The molecule has 41 heavy (non-hydrogen) atoms. The number of carboxylic acids is 1. The summed E-state index contributed by atoms with van der Waals surface area (Å²) in [5.41, 5.74) is 7.35. The lowest BCUT2D eigenvalue weighted by atomic mass is 9.77. The van der Waals surface area contributed by atoms with E-state index in [-0.39, 0.29) is 19.4 Å². The average molecular weight is 553 g/mol. The first kappa shape index (κ1) is 27.8. The maximum atomic E-state index is 14.0. The minimum Gasteiger partial charge on any atom is -0.480 e. The molecule has 0 bridgehead atoms. The molecule has 5 N–H and O–H groups in total. The van der Waals surface area contributed by atoms with E-state index < -0.39 is 47.2 Å². The van der Waals surface area contributed by atoms with E-state index in [1.165, 1.54) is 0 Å². The van der Waals surface area contributed by atoms with Gasteiger partial charge in [0.2, 0.25) is 11.8 Å². The number of aryl methyl sites for hydroxylation is 1. The Morgan fingerprint density at radius 3 is 2.22 bits per heavy atom. The highest BCUT2D eigenvalue weighted by Crippen LogP contribution is 2.51. The van der Waals surface area contributed by atoms with Crippen molar-refractivity contribution in [3.8, 4) is 0 Å². The number of hydrogen-bond acceptors (Lipinski definition) is 5. The summed E-state index contributed by atoms with van der Waals surface area (Å²) < 4.78 is 0. The number of nitrogens with one attached hydrogen (secondary N) is 2. The molecule has 9 heteroatoms. The van der Waals surface area contributed by atoms with Gasteiger partial charge in [0, 0.05) is 12.6 Å². The molecule has 2 heterocycles. The maximum absolute atomic E-state index is 14.0. The van der Waals surface area contributed by atoms with Crippen LogP contribution in [0.3, 0.4) is 0 Å². The number of imide groups is 1. The number of aliphatic carboxylic acids is 1. The van der Waals surface area contributed by atoms with Gasteiger partial charge >= 0.3 is 12.0 Å². The molecule has 4 amide bonds.